The number of hydrogen-bond donors (Lipinski definition) is 1. The summed E-state index contributed by atoms with van der Waals surface area (Å²) >= 11 is 0. The van der Waals surface area contributed by atoms with Gasteiger partial charge in [0, 0.05) is 6.04 Å². The normalized spacial score (nSPS) is 30.9. The van der Waals surface area contributed by atoms with Crippen molar-refractivity contribution >= 4 is 0 Å². The van der Waals surface area contributed by atoms with Gasteiger partial charge in [0.2, 0.25) is 0 Å². The third-order valence-corrected chi connectivity index (χ3v) is 6.68. The third kappa shape index (κ3) is 2.02. The summed E-state index contributed by atoms with van der Waals surface area (Å²) in [4.78, 5) is 0. The molecule has 1 aromatic carbocycles. The van der Waals surface area contributed by atoms with Gasteiger partial charge in [0.1, 0.15) is 0 Å². The first-order valence-electron chi connectivity index (χ1n) is 8.18. The predicted molar refractivity (Wildman–Crippen MR) is 85.9 cm³/mol. The number of rotatable bonds is 3. The summed E-state index contributed by atoms with van der Waals surface area (Å²) in [6.07, 6.45) is 2.60. The van der Waals surface area contributed by atoms with Crippen molar-refractivity contribution in [2.24, 2.45) is 16.7 Å². The van der Waals surface area contributed by atoms with Crippen LogP contribution in [0.5, 0.6) is 0 Å². The van der Waals surface area contributed by atoms with Crippen LogP contribution in [0.15, 0.2) is 24.3 Å². The van der Waals surface area contributed by atoms with Crippen LogP contribution in [-0.2, 0) is 0 Å². The Kier molecular flexibility index (Phi) is 3.25. The van der Waals surface area contributed by atoms with E-state index in [1.54, 1.807) is 11.1 Å². The zero-order valence-corrected chi connectivity index (χ0v) is 13.7. The highest BCUT2D eigenvalue weighted by Gasteiger charge is 2.63. The summed E-state index contributed by atoms with van der Waals surface area (Å²) < 4.78 is 0. The molecule has 2 aliphatic rings. The van der Waals surface area contributed by atoms with Gasteiger partial charge >= 0.3 is 0 Å². The molecule has 3 rings (SSSR count). The molecule has 1 heteroatoms. The molecule has 1 aromatic rings. The van der Waals surface area contributed by atoms with E-state index in [1.165, 1.54) is 12.8 Å². The van der Waals surface area contributed by atoms with E-state index >= 15 is 0 Å². The van der Waals surface area contributed by atoms with Crippen LogP contribution in [0.2, 0.25) is 0 Å². The van der Waals surface area contributed by atoms with Gasteiger partial charge in [0.15, 0.2) is 0 Å². The van der Waals surface area contributed by atoms with E-state index in [1.807, 2.05) is 0 Å². The Balaban J connectivity index is 1.70. The van der Waals surface area contributed by atoms with Crippen LogP contribution >= 0.6 is 0 Å². The van der Waals surface area contributed by atoms with Crippen LogP contribution in [0.1, 0.15) is 70.5 Å². The Morgan fingerprint density at radius 3 is 2.20 bits per heavy atom. The highest BCUT2D eigenvalue weighted by atomic mass is 14.9. The van der Waals surface area contributed by atoms with Crippen LogP contribution < -0.4 is 5.32 Å². The monoisotopic (exact) mass is 271 g/mol. The highest BCUT2D eigenvalue weighted by Crippen LogP contribution is 2.68. The highest BCUT2D eigenvalue weighted by molar-refractivity contribution is 5.35. The second kappa shape index (κ2) is 4.59. The first-order valence-corrected chi connectivity index (χ1v) is 8.18. The average Bonchev–Trinajstić information content (AvgIpc) is 2.80. The van der Waals surface area contributed by atoms with E-state index in [9.17, 15) is 0 Å². The van der Waals surface area contributed by atoms with Gasteiger partial charge in [-0.2, -0.15) is 0 Å². The molecule has 0 radical (unpaired) electrons. The molecule has 2 atom stereocenters. The Morgan fingerprint density at radius 1 is 1.00 bits per heavy atom. The Hall–Kier alpha value is -0.820. The summed E-state index contributed by atoms with van der Waals surface area (Å²) in [5.74, 6) is 1.53. The molecule has 1 saturated carbocycles. The number of fused-ring (bicyclic) bond motifs is 1. The van der Waals surface area contributed by atoms with E-state index < -0.39 is 0 Å². The van der Waals surface area contributed by atoms with E-state index in [4.69, 9.17) is 0 Å². The van der Waals surface area contributed by atoms with Gasteiger partial charge in [-0.15, -0.1) is 0 Å². The quantitative estimate of drug-likeness (QED) is 0.824. The molecule has 1 N–H and O–H groups in total. The second-order valence-corrected chi connectivity index (χ2v) is 8.06. The molecule has 0 heterocycles. The molecule has 0 saturated heterocycles. The van der Waals surface area contributed by atoms with E-state index in [0.29, 0.717) is 16.9 Å². The summed E-state index contributed by atoms with van der Waals surface area (Å²) in [6, 6.07) is 9.58. The summed E-state index contributed by atoms with van der Waals surface area (Å²) in [5.41, 5.74) is 4.08. The fourth-order valence-electron chi connectivity index (χ4n) is 4.32. The first kappa shape index (κ1) is 14.1. The maximum atomic E-state index is 3.87. The van der Waals surface area contributed by atoms with Crippen molar-refractivity contribution in [3.63, 3.8) is 0 Å². The minimum absolute atomic E-state index is 0.488. The van der Waals surface area contributed by atoms with Gasteiger partial charge in [-0.05, 0) is 53.2 Å². The summed E-state index contributed by atoms with van der Waals surface area (Å²) in [6.45, 7) is 13.2. The van der Waals surface area contributed by atoms with Crippen molar-refractivity contribution in [2.45, 2.75) is 59.4 Å². The van der Waals surface area contributed by atoms with Gasteiger partial charge in [-0.25, -0.2) is 0 Å². The Morgan fingerprint density at radius 2 is 1.60 bits per heavy atom. The van der Waals surface area contributed by atoms with Gasteiger partial charge < -0.3 is 5.32 Å². The first-order chi connectivity index (χ1) is 9.35. The molecular weight excluding hydrogens is 242 g/mol. The molecule has 0 bridgehead atoms. The molecular formula is C19H29N. The maximum absolute atomic E-state index is 3.87. The van der Waals surface area contributed by atoms with Crippen molar-refractivity contribution in [1.29, 1.82) is 0 Å². The molecule has 110 valence electrons. The van der Waals surface area contributed by atoms with E-state index in [0.717, 1.165) is 18.4 Å². The van der Waals surface area contributed by atoms with Crippen LogP contribution in [0.3, 0.4) is 0 Å². The summed E-state index contributed by atoms with van der Waals surface area (Å²) in [5, 5.41) is 3.87. The smallest absolute Gasteiger partial charge is 0.0323 e. The molecule has 2 aliphatic carbocycles. The summed E-state index contributed by atoms with van der Waals surface area (Å²) in [7, 11) is 0. The number of nitrogens with one attached hydrogen (secondary N) is 1. The van der Waals surface area contributed by atoms with Crippen LogP contribution in [0, 0.1) is 16.7 Å². The molecule has 0 spiro atoms. The third-order valence-electron chi connectivity index (χ3n) is 6.68. The molecule has 0 aromatic heterocycles. The molecule has 1 nitrogen and oxygen atoms in total. The number of hydrogen-bond acceptors (Lipinski definition) is 1. The molecule has 0 amide bonds. The molecule has 1 fully saturated rings. The predicted octanol–water partition coefficient (Wildman–Crippen LogP) is 4.90. The van der Waals surface area contributed by atoms with Crippen molar-refractivity contribution in [2.75, 3.05) is 6.54 Å². The van der Waals surface area contributed by atoms with Crippen molar-refractivity contribution in [1.82, 2.24) is 5.32 Å². The second-order valence-electron chi connectivity index (χ2n) is 8.06. The Bertz CT molecular complexity index is 486. The fraction of sp³-hybridized carbons (Fsp3) is 0.684. The van der Waals surface area contributed by atoms with E-state index in [2.05, 4.69) is 64.2 Å². The fourth-order valence-corrected chi connectivity index (χ4v) is 4.32. The minimum Gasteiger partial charge on any atom is -0.310 e. The minimum atomic E-state index is 0.488. The van der Waals surface area contributed by atoms with Crippen molar-refractivity contribution in [3.8, 4) is 0 Å². The van der Waals surface area contributed by atoms with Gasteiger partial charge in [-0.1, -0.05) is 58.9 Å². The molecule has 2 unspecified atom stereocenters. The largest absolute Gasteiger partial charge is 0.310 e. The Labute approximate surface area is 124 Å². The maximum Gasteiger partial charge on any atom is 0.0323 e. The standard InChI is InChI=1S/C19H29N/c1-13-10-11-16(15-9-7-6-8-14(13)15)20-12-17-18(2,3)19(17,4)5/h6-9,13,16-17,20H,10-12H2,1-5H3. The lowest BCUT2D eigenvalue weighted by molar-refractivity contribution is 0.406. The van der Waals surface area contributed by atoms with Gasteiger partial charge in [-0.3, -0.25) is 0 Å². The van der Waals surface area contributed by atoms with Crippen molar-refractivity contribution in [3.05, 3.63) is 35.4 Å². The van der Waals surface area contributed by atoms with Crippen LogP contribution in [0.4, 0.5) is 0 Å². The SMILES string of the molecule is CC1CCC(NCC2C(C)(C)C2(C)C)c2ccccc21. The molecule has 20 heavy (non-hydrogen) atoms. The topological polar surface area (TPSA) is 12.0 Å². The lowest BCUT2D eigenvalue weighted by Gasteiger charge is -2.30. The zero-order valence-electron chi connectivity index (χ0n) is 13.7. The van der Waals surface area contributed by atoms with Crippen LogP contribution in [-0.4, -0.2) is 6.54 Å². The zero-order chi connectivity index (χ0) is 14.5. The lowest BCUT2D eigenvalue weighted by atomic mass is 9.81. The number of benzene rings is 1. The molecule has 0 aliphatic heterocycles. The van der Waals surface area contributed by atoms with Gasteiger partial charge in [0.25, 0.3) is 0 Å². The van der Waals surface area contributed by atoms with Crippen molar-refractivity contribution < 1.29 is 0 Å². The van der Waals surface area contributed by atoms with Crippen LogP contribution in [0.25, 0.3) is 0 Å². The lowest BCUT2D eigenvalue weighted by Crippen LogP contribution is -2.29. The average molecular weight is 271 g/mol. The van der Waals surface area contributed by atoms with Gasteiger partial charge in [0.05, 0.1) is 0 Å². The van der Waals surface area contributed by atoms with E-state index in [-0.39, 0.29) is 0 Å².